The Hall–Kier alpha value is -2.34. The number of benzene rings is 2. The molecular weight excluding hydrogens is 302 g/mol. The highest BCUT2D eigenvalue weighted by Crippen LogP contribution is 2.22. The highest BCUT2D eigenvalue weighted by atomic mass is 32.2. The highest BCUT2D eigenvalue weighted by Gasteiger charge is 2.18. The molecule has 0 saturated heterocycles. The lowest BCUT2D eigenvalue weighted by Gasteiger charge is -2.07. The molecule has 0 bridgehead atoms. The minimum absolute atomic E-state index is 0.0406. The predicted octanol–water partition coefficient (Wildman–Crippen LogP) is 2.21. The summed E-state index contributed by atoms with van der Waals surface area (Å²) < 4.78 is 30.0. The molecule has 0 saturated carbocycles. The Kier molecular flexibility index (Phi) is 4.82. The summed E-state index contributed by atoms with van der Waals surface area (Å²) in [6.45, 7) is 2.02. The lowest BCUT2D eigenvalue weighted by Crippen LogP contribution is -2.08. The number of ether oxygens (including phenoxy) is 1. The number of sulfone groups is 1. The molecule has 5 nitrogen and oxygen atoms in total. The monoisotopic (exact) mass is 319 g/mol. The second-order valence-electron chi connectivity index (χ2n) is 4.70. The molecule has 0 aromatic heterocycles. The fourth-order valence-electron chi connectivity index (χ4n) is 1.98. The summed E-state index contributed by atoms with van der Waals surface area (Å²) in [7, 11) is -3.63. The lowest BCUT2D eigenvalue weighted by atomic mass is 10.1. The molecule has 2 aromatic carbocycles. The maximum Gasteiger partial charge on any atom is 0.310 e. The molecule has 6 heteroatoms. The molecule has 0 aliphatic heterocycles. The third kappa shape index (κ3) is 3.65. The fraction of sp³-hybridized carbons (Fsp3) is 0.188. The van der Waals surface area contributed by atoms with Crippen molar-refractivity contribution >= 4 is 21.5 Å². The first-order valence-corrected chi connectivity index (χ1v) is 8.27. The van der Waals surface area contributed by atoms with Crippen molar-refractivity contribution in [3.8, 4) is 0 Å². The molecule has 0 heterocycles. The zero-order valence-electron chi connectivity index (χ0n) is 12.2. The van der Waals surface area contributed by atoms with Gasteiger partial charge in [0.2, 0.25) is 9.84 Å². The highest BCUT2D eigenvalue weighted by molar-refractivity contribution is 7.91. The fourth-order valence-corrected chi connectivity index (χ4v) is 3.32. The normalized spacial score (nSPS) is 11.1. The summed E-state index contributed by atoms with van der Waals surface area (Å²) in [5.41, 5.74) is 6.66. The van der Waals surface area contributed by atoms with E-state index in [1.54, 1.807) is 19.1 Å². The molecule has 0 atom stereocenters. The number of hydrogen-bond acceptors (Lipinski definition) is 5. The van der Waals surface area contributed by atoms with Crippen molar-refractivity contribution in [1.82, 2.24) is 0 Å². The van der Waals surface area contributed by atoms with Gasteiger partial charge < -0.3 is 10.5 Å². The first-order valence-electron chi connectivity index (χ1n) is 6.78. The van der Waals surface area contributed by atoms with Crippen LogP contribution in [0.1, 0.15) is 12.5 Å². The van der Waals surface area contributed by atoms with Crippen molar-refractivity contribution in [3.05, 3.63) is 54.1 Å². The Labute approximate surface area is 129 Å². The summed E-state index contributed by atoms with van der Waals surface area (Å²) in [6, 6.07) is 12.3. The van der Waals surface area contributed by atoms with E-state index >= 15 is 0 Å². The van der Waals surface area contributed by atoms with Gasteiger partial charge in [0, 0.05) is 5.69 Å². The van der Waals surface area contributed by atoms with Gasteiger partial charge in [0.15, 0.2) is 0 Å². The van der Waals surface area contributed by atoms with Crippen molar-refractivity contribution in [2.75, 3.05) is 12.3 Å². The maximum absolute atomic E-state index is 12.6. The number of hydrogen-bond donors (Lipinski definition) is 1. The van der Waals surface area contributed by atoms with E-state index < -0.39 is 9.84 Å². The molecule has 2 aromatic rings. The van der Waals surface area contributed by atoms with Crippen molar-refractivity contribution < 1.29 is 17.9 Å². The van der Waals surface area contributed by atoms with Crippen LogP contribution in [0.3, 0.4) is 0 Å². The van der Waals surface area contributed by atoms with E-state index in [2.05, 4.69) is 0 Å². The SMILES string of the molecule is CCOC(=O)Cc1cccc(S(=O)(=O)c2ccc(N)cc2)c1. The summed E-state index contributed by atoms with van der Waals surface area (Å²) in [5.74, 6) is -0.385. The van der Waals surface area contributed by atoms with Crippen LogP contribution in [0.5, 0.6) is 0 Å². The third-order valence-corrected chi connectivity index (χ3v) is 4.82. The topological polar surface area (TPSA) is 86.5 Å². The van der Waals surface area contributed by atoms with E-state index in [0.717, 1.165) is 0 Å². The molecule has 2 rings (SSSR count). The molecule has 0 spiro atoms. The Morgan fingerprint density at radius 1 is 1.09 bits per heavy atom. The summed E-state index contributed by atoms with van der Waals surface area (Å²) >= 11 is 0. The molecule has 22 heavy (non-hydrogen) atoms. The Bertz CT molecular complexity index is 767. The van der Waals surface area contributed by atoms with Gasteiger partial charge in [-0.1, -0.05) is 12.1 Å². The smallest absolute Gasteiger partial charge is 0.310 e. The molecular formula is C16H17NO4S. The van der Waals surface area contributed by atoms with Crippen LogP contribution in [0.25, 0.3) is 0 Å². The number of carbonyl (C=O) groups is 1. The molecule has 0 unspecified atom stereocenters. The van der Waals surface area contributed by atoms with Gasteiger partial charge in [-0.25, -0.2) is 8.42 Å². The van der Waals surface area contributed by atoms with Crippen LogP contribution < -0.4 is 5.73 Å². The van der Waals surface area contributed by atoms with Gasteiger partial charge in [0.05, 0.1) is 22.8 Å². The van der Waals surface area contributed by atoms with E-state index in [-0.39, 0.29) is 22.2 Å². The average molecular weight is 319 g/mol. The Morgan fingerprint density at radius 3 is 2.41 bits per heavy atom. The number of nitrogen functional groups attached to an aromatic ring is 1. The second-order valence-corrected chi connectivity index (χ2v) is 6.65. The number of carbonyl (C=O) groups excluding carboxylic acids is 1. The summed E-state index contributed by atoms with van der Waals surface area (Å²) in [5, 5.41) is 0. The van der Waals surface area contributed by atoms with Crippen LogP contribution >= 0.6 is 0 Å². The quantitative estimate of drug-likeness (QED) is 0.674. The Morgan fingerprint density at radius 2 is 1.77 bits per heavy atom. The average Bonchev–Trinajstić information content (AvgIpc) is 2.48. The minimum atomic E-state index is -3.63. The van der Waals surface area contributed by atoms with Crippen LogP contribution in [0.2, 0.25) is 0 Å². The molecule has 0 radical (unpaired) electrons. The zero-order chi connectivity index (χ0) is 16.2. The van der Waals surface area contributed by atoms with E-state index in [4.69, 9.17) is 10.5 Å². The van der Waals surface area contributed by atoms with Crippen molar-refractivity contribution in [1.29, 1.82) is 0 Å². The molecule has 2 N–H and O–H groups in total. The van der Waals surface area contributed by atoms with Crippen LogP contribution in [-0.2, 0) is 25.8 Å². The van der Waals surface area contributed by atoms with Gasteiger partial charge >= 0.3 is 5.97 Å². The Balaban J connectivity index is 2.32. The summed E-state index contributed by atoms with van der Waals surface area (Å²) in [4.78, 5) is 11.8. The van der Waals surface area contributed by atoms with Crippen LogP contribution in [0, 0.1) is 0 Å². The van der Waals surface area contributed by atoms with E-state index in [1.165, 1.54) is 36.4 Å². The molecule has 0 aliphatic carbocycles. The first-order chi connectivity index (χ1) is 10.4. The second kappa shape index (κ2) is 6.62. The molecule has 0 fully saturated rings. The van der Waals surface area contributed by atoms with Crippen LogP contribution in [-0.4, -0.2) is 21.0 Å². The van der Waals surface area contributed by atoms with Crippen LogP contribution in [0.15, 0.2) is 58.3 Å². The van der Waals surface area contributed by atoms with E-state index in [9.17, 15) is 13.2 Å². The van der Waals surface area contributed by atoms with Gasteiger partial charge in [-0.15, -0.1) is 0 Å². The molecule has 0 aliphatic rings. The lowest BCUT2D eigenvalue weighted by molar-refractivity contribution is -0.142. The standard InChI is InChI=1S/C16H17NO4S/c1-2-21-16(18)11-12-4-3-5-15(10-12)22(19,20)14-8-6-13(17)7-9-14/h3-10H,2,11,17H2,1H3. The van der Waals surface area contributed by atoms with Gasteiger partial charge in [0.1, 0.15) is 0 Å². The zero-order valence-corrected chi connectivity index (χ0v) is 13.0. The van der Waals surface area contributed by atoms with Gasteiger partial charge in [-0.3, -0.25) is 4.79 Å². The molecule has 116 valence electrons. The van der Waals surface area contributed by atoms with E-state index in [1.807, 2.05) is 0 Å². The first kappa shape index (κ1) is 16.0. The minimum Gasteiger partial charge on any atom is -0.466 e. The predicted molar refractivity (Wildman–Crippen MR) is 83.1 cm³/mol. The van der Waals surface area contributed by atoms with Gasteiger partial charge in [-0.2, -0.15) is 0 Å². The number of nitrogens with two attached hydrogens (primary N) is 1. The number of anilines is 1. The number of rotatable bonds is 5. The third-order valence-electron chi connectivity index (χ3n) is 3.05. The van der Waals surface area contributed by atoms with Gasteiger partial charge in [0.25, 0.3) is 0 Å². The van der Waals surface area contributed by atoms with Crippen LogP contribution in [0.4, 0.5) is 5.69 Å². The van der Waals surface area contributed by atoms with Crippen molar-refractivity contribution in [2.45, 2.75) is 23.1 Å². The van der Waals surface area contributed by atoms with Crippen molar-refractivity contribution in [2.24, 2.45) is 0 Å². The van der Waals surface area contributed by atoms with Gasteiger partial charge in [-0.05, 0) is 48.9 Å². The van der Waals surface area contributed by atoms with Crippen molar-refractivity contribution in [3.63, 3.8) is 0 Å². The maximum atomic E-state index is 12.6. The summed E-state index contributed by atoms with van der Waals surface area (Å²) in [6.07, 6.45) is 0.0406. The van der Waals surface area contributed by atoms with E-state index in [0.29, 0.717) is 17.9 Å². The largest absolute Gasteiger partial charge is 0.466 e. The number of esters is 1. The molecule has 0 amide bonds.